The van der Waals surface area contributed by atoms with Gasteiger partial charge in [0.2, 0.25) is 5.91 Å². The second-order valence-corrected chi connectivity index (χ2v) is 7.04. The van der Waals surface area contributed by atoms with Gasteiger partial charge in [-0.15, -0.1) is 0 Å². The summed E-state index contributed by atoms with van der Waals surface area (Å²) in [6, 6.07) is 20.6. The van der Waals surface area contributed by atoms with Gasteiger partial charge >= 0.3 is 0 Å². The van der Waals surface area contributed by atoms with Crippen LogP contribution in [-0.2, 0) is 4.79 Å². The van der Waals surface area contributed by atoms with Gasteiger partial charge in [-0.1, -0.05) is 42.5 Å². The third kappa shape index (κ3) is 4.43. The third-order valence-electron chi connectivity index (χ3n) is 4.99. The van der Waals surface area contributed by atoms with Gasteiger partial charge in [-0.25, -0.2) is 5.43 Å². The van der Waals surface area contributed by atoms with Gasteiger partial charge in [0, 0.05) is 11.6 Å². The molecule has 6 heteroatoms. The Morgan fingerprint density at radius 1 is 1.00 bits per heavy atom. The van der Waals surface area contributed by atoms with E-state index < -0.39 is 0 Å². The molecule has 1 aromatic heterocycles. The molecule has 2 amide bonds. The summed E-state index contributed by atoms with van der Waals surface area (Å²) in [5.41, 5.74) is 6.07. The molecule has 2 unspecified atom stereocenters. The van der Waals surface area contributed by atoms with Crippen molar-refractivity contribution < 1.29 is 14.0 Å². The highest BCUT2D eigenvalue weighted by molar-refractivity contribution is 6.03. The molecule has 146 valence electrons. The molecular formula is C23H21N3O3. The highest BCUT2D eigenvalue weighted by Gasteiger charge is 2.43. The summed E-state index contributed by atoms with van der Waals surface area (Å²) in [5.74, 6) is 0.152. The van der Waals surface area contributed by atoms with Crippen molar-refractivity contribution >= 4 is 23.2 Å². The number of nitrogens with zero attached hydrogens (tertiary/aromatic N) is 1. The molecule has 2 N–H and O–H groups in total. The Bertz CT molecular complexity index is 1020. The minimum atomic E-state index is -0.308. The summed E-state index contributed by atoms with van der Waals surface area (Å²) in [4.78, 5) is 24.3. The van der Waals surface area contributed by atoms with Crippen LogP contribution in [0.5, 0.6) is 0 Å². The van der Waals surface area contributed by atoms with Crippen molar-refractivity contribution in [2.45, 2.75) is 19.3 Å². The van der Waals surface area contributed by atoms with Crippen molar-refractivity contribution in [3.05, 3.63) is 89.9 Å². The number of hydrazone groups is 1. The summed E-state index contributed by atoms with van der Waals surface area (Å²) in [7, 11) is 0. The van der Waals surface area contributed by atoms with Crippen LogP contribution in [0.3, 0.4) is 0 Å². The van der Waals surface area contributed by atoms with Crippen LogP contribution in [0.15, 0.2) is 82.5 Å². The first-order valence-corrected chi connectivity index (χ1v) is 9.46. The van der Waals surface area contributed by atoms with E-state index in [1.54, 1.807) is 24.3 Å². The fraction of sp³-hybridized carbons (Fsp3) is 0.174. The maximum Gasteiger partial charge on any atom is 0.291 e. The van der Waals surface area contributed by atoms with Gasteiger partial charge < -0.3 is 9.73 Å². The standard InChI is InChI=1S/C23H21N3O3/c1-15(25-26-22(27)20-14-19(20)17-6-3-2-4-7-17)16-9-11-18(12-10-16)24-23(28)21-8-5-13-29-21/h2-13,19-20H,14H2,1H3,(H,24,28)(H,26,27)/b25-15+. The zero-order chi connectivity index (χ0) is 20.2. The molecule has 4 rings (SSSR count). The third-order valence-corrected chi connectivity index (χ3v) is 4.99. The summed E-state index contributed by atoms with van der Waals surface area (Å²) >= 11 is 0. The van der Waals surface area contributed by atoms with Crippen LogP contribution in [0.1, 0.15) is 40.9 Å². The average molecular weight is 387 g/mol. The van der Waals surface area contributed by atoms with Gasteiger partial charge in [-0.2, -0.15) is 5.10 Å². The second-order valence-electron chi connectivity index (χ2n) is 7.04. The first-order valence-electron chi connectivity index (χ1n) is 9.46. The maximum atomic E-state index is 12.3. The van der Waals surface area contributed by atoms with Crippen molar-refractivity contribution in [1.29, 1.82) is 0 Å². The van der Waals surface area contributed by atoms with Crippen LogP contribution in [0.25, 0.3) is 0 Å². The number of anilines is 1. The number of carbonyl (C=O) groups is 2. The number of rotatable bonds is 6. The zero-order valence-corrected chi connectivity index (χ0v) is 16.0. The van der Waals surface area contributed by atoms with E-state index in [4.69, 9.17) is 4.42 Å². The number of amides is 2. The first-order chi connectivity index (χ1) is 14.1. The van der Waals surface area contributed by atoms with E-state index in [1.807, 2.05) is 37.3 Å². The molecule has 29 heavy (non-hydrogen) atoms. The van der Waals surface area contributed by atoms with E-state index >= 15 is 0 Å². The molecule has 1 aliphatic rings. The van der Waals surface area contributed by atoms with Crippen molar-refractivity contribution in [3.63, 3.8) is 0 Å². The van der Waals surface area contributed by atoms with Gasteiger partial charge in [-0.3, -0.25) is 9.59 Å². The monoisotopic (exact) mass is 387 g/mol. The van der Waals surface area contributed by atoms with Crippen molar-refractivity contribution in [2.24, 2.45) is 11.0 Å². The predicted molar refractivity (Wildman–Crippen MR) is 111 cm³/mol. The molecule has 1 fully saturated rings. The van der Waals surface area contributed by atoms with Gasteiger partial charge in [0.25, 0.3) is 5.91 Å². The Hall–Kier alpha value is -3.67. The van der Waals surface area contributed by atoms with Gasteiger partial charge in [0.05, 0.1) is 12.0 Å². The summed E-state index contributed by atoms with van der Waals surface area (Å²) in [6.07, 6.45) is 2.31. The Kier molecular flexibility index (Phi) is 5.24. The topological polar surface area (TPSA) is 83.7 Å². The predicted octanol–water partition coefficient (Wildman–Crippen LogP) is 4.18. The Morgan fingerprint density at radius 3 is 2.45 bits per heavy atom. The smallest absolute Gasteiger partial charge is 0.291 e. The highest BCUT2D eigenvalue weighted by Crippen LogP contribution is 2.47. The average Bonchev–Trinajstić information content (AvgIpc) is 3.37. The van der Waals surface area contributed by atoms with Crippen molar-refractivity contribution in [1.82, 2.24) is 5.43 Å². The lowest BCUT2D eigenvalue weighted by Gasteiger charge is -2.06. The van der Waals surface area contributed by atoms with E-state index in [2.05, 4.69) is 28.0 Å². The molecule has 6 nitrogen and oxygen atoms in total. The number of benzene rings is 2. The van der Waals surface area contributed by atoms with Crippen LogP contribution >= 0.6 is 0 Å². The molecular weight excluding hydrogens is 366 g/mol. The number of hydrogen-bond acceptors (Lipinski definition) is 4. The molecule has 3 aromatic rings. The van der Waals surface area contributed by atoms with Crippen LogP contribution in [0.2, 0.25) is 0 Å². The van der Waals surface area contributed by atoms with E-state index in [0.29, 0.717) is 11.4 Å². The number of carbonyl (C=O) groups excluding carboxylic acids is 2. The van der Waals surface area contributed by atoms with Crippen LogP contribution < -0.4 is 10.7 Å². The van der Waals surface area contributed by atoms with E-state index in [1.165, 1.54) is 11.8 Å². The van der Waals surface area contributed by atoms with Gasteiger partial charge in [0.1, 0.15) is 0 Å². The lowest BCUT2D eigenvalue weighted by atomic mass is 10.1. The summed E-state index contributed by atoms with van der Waals surface area (Å²) in [5, 5.41) is 6.99. The van der Waals surface area contributed by atoms with Crippen molar-refractivity contribution in [3.8, 4) is 0 Å². The zero-order valence-electron chi connectivity index (χ0n) is 16.0. The van der Waals surface area contributed by atoms with Crippen LogP contribution in [-0.4, -0.2) is 17.5 Å². The minimum Gasteiger partial charge on any atom is -0.459 e. The lowest BCUT2D eigenvalue weighted by Crippen LogP contribution is -2.21. The van der Waals surface area contributed by atoms with Crippen LogP contribution in [0, 0.1) is 5.92 Å². The van der Waals surface area contributed by atoms with Crippen molar-refractivity contribution in [2.75, 3.05) is 5.32 Å². The Labute approximate surface area is 168 Å². The normalized spacial score (nSPS) is 18.2. The molecule has 0 radical (unpaired) electrons. The Balaban J connectivity index is 1.32. The highest BCUT2D eigenvalue weighted by atomic mass is 16.3. The van der Waals surface area contributed by atoms with Gasteiger partial charge in [-0.05, 0) is 54.7 Å². The molecule has 1 heterocycles. The van der Waals surface area contributed by atoms with E-state index in [9.17, 15) is 9.59 Å². The fourth-order valence-electron chi connectivity index (χ4n) is 3.24. The molecule has 1 saturated carbocycles. The summed E-state index contributed by atoms with van der Waals surface area (Å²) in [6.45, 7) is 1.83. The largest absolute Gasteiger partial charge is 0.459 e. The van der Waals surface area contributed by atoms with E-state index in [-0.39, 0.29) is 29.4 Å². The summed E-state index contributed by atoms with van der Waals surface area (Å²) < 4.78 is 5.07. The SMILES string of the molecule is C/C(=N\NC(=O)C1CC1c1ccccc1)c1ccc(NC(=O)c2ccco2)cc1. The maximum absolute atomic E-state index is 12.3. The number of nitrogens with one attached hydrogen (secondary N) is 2. The molecule has 1 aliphatic carbocycles. The molecule has 0 bridgehead atoms. The molecule has 2 atom stereocenters. The Morgan fingerprint density at radius 2 is 1.76 bits per heavy atom. The molecule has 0 saturated heterocycles. The molecule has 0 spiro atoms. The lowest BCUT2D eigenvalue weighted by molar-refractivity contribution is -0.122. The van der Waals surface area contributed by atoms with E-state index in [0.717, 1.165) is 12.0 Å². The fourth-order valence-corrected chi connectivity index (χ4v) is 3.24. The van der Waals surface area contributed by atoms with Gasteiger partial charge in [0.15, 0.2) is 5.76 Å². The second kappa shape index (κ2) is 8.14. The number of furan rings is 1. The number of hydrogen-bond donors (Lipinski definition) is 2. The quantitative estimate of drug-likeness (QED) is 0.492. The first kappa shape index (κ1) is 18.7. The van der Waals surface area contributed by atoms with Crippen LogP contribution in [0.4, 0.5) is 5.69 Å². The molecule has 2 aromatic carbocycles. The minimum absolute atomic E-state index is 0.0202. The molecule has 0 aliphatic heterocycles.